The average molecular weight is 297 g/mol. The van der Waals surface area contributed by atoms with E-state index in [-0.39, 0.29) is 23.5 Å². The Kier molecular flexibility index (Phi) is 5.22. The zero-order valence-electron chi connectivity index (χ0n) is 13.4. The molecule has 0 radical (unpaired) electrons. The minimum absolute atomic E-state index is 0.0622. The van der Waals surface area contributed by atoms with Gasteiger partial charge < -0.3 is 19.9 Å². The second-order valence-electron chi connectivity index (χ2n) is 6.81. The largest absolute Gasteiger partial charge is 0.368 e. The highest BCUT2D eigenvalue weighted by Crippen LogP contribution is 2.16. The van der Waals surface area contributed by atoms with Crippen LogP contribution in [0.2, 0.25) is 0 Å². The van der Waals surface area contributed by atoms with Gasteiger partial charge in [0, 0.05) is 38.3 Å². The van der Waals surface area contributed by atoms with E-state index in [0.29, 0.717) is 39.3 Å². The Morgan fingerprint density at radius 3 is 2.29 bits per heavy atom. The molecule has 0 aromatic rings. The molecule has 2 aliphatic heterocycles. The second kappa shape index (κ2) is 6.75. The summed E-state index contributed by atoms with van der Waals surface area (Å²) in [5.41, 5.74) is -0.0622. The molecule has 1 atom stereocenters. The van der Waals surface area contributed by atoms with Crippen LogP contribution in [0.4, 0.5) is 0 Å². The lowest BCUT2D eigenvalue weighted by Gasteiger charge is -2.36. The van der Waals surface area contributed by atoms with Crippen molar-refractivity contribution in [2.75, 3.05) is 39.3 Å². The zero-order chi connectivity index (χ0) is 15.5. The summed E-state index contributed by atoms with van der Waals surface area (Å²) in [6.07, 6.45) is 1.54. The third-order valence-electron chi connectivity index (χ3n) is 3.92. The maximum absolute atomic E-state index is 12.2. The molecule has 2 fully saturated rings. The molecule has 6 nitrogen and oxygen atoms in total. The number of carbonyl (C=O) groups excluding carboxylic acids is 2. The van der Waals surface area contributed by atoms with Gasteiger partial charge in [0.2, 0.25) is 5.91 Å². The number of hydrogen-bond donors (Lipinski definition) is 1. The van der Waals surface area contributed by atoms with Crippen LogP contribution in [0, 0.1) is 0 Å². The number of amides is 2. The number of piperazine rings is 1. The summed E-state index contributed by atoms with van der Waals surface area (Å²) < 4.78 is 5.44. The summed E-state index contributed by atoms with van der Waals surface area (Å²) in [5, 5.41) is 3.21. The molecule has 1 N–H and O–H groups in total. The molecular formula is C15H27N3O3. The highest BCUT2D eigenvalue weighted by Gasteiger charge is 2.31. The van der Waals surface area contributed by atoms with Gasteiger partial charge in [-0.05, 0) is 33.6 Å². The maximum atomic E-state index is 12.2. The van der Waals surface area contributed by atoms with E-state index >= 15 is 0 Å². The monoisotopic (exact) mass is 297 g/mol. The first-order valence-electron chi connectivity index (χ1n) is 7.80. The molecule has 2 aliphatic rings. The normalized spacial score (nSPS) is 23.5. The molecular weight excluding hydrogens is 270 g/mol. The van der Waals surface area contributed by atoms with E-state index in [1.54, 1.807) is 0 Å². The minimum Gasteiger partial charge on any atom is -0.368 e. The van der Waals surface area contributed by atoms with Crippen molar-refractivity contribution >= 4 is 11.8 Å². The van der Waals surface area contributed by atoms with Crippen molar-refractivity contribution in [1.82, 2.24) is 15.1 Å². The molecule has 0 aromatic heterocycles. The van der Waals surface area contributed by atoms with E-state index < -0.39 is 0 Å². The first-order chi connectivity index (χ1) is 9.87. The van der Waals surface area contributed by atoms with Crippen LogP contribution in [0.1, 0.15) is 33.6 Å². The Morgan fingerprint density at radius 1 is 1.14 bits per heavy atom. The number of nitrogens with zero attached hydrogens (tertiary/aromatic N) is 2. The summed E-state index contributed by atoms with van der Waals surface area (Å²) in [6, 6.07) is 0. The zero-order valence-corrected chi connectivity index (χ0v) is 13.4. The van der Waals surface area contributed by atoms with Crippen LogP contribution in [-0.4, -0.2) is 72.6 Å². The van der Waals surface area contributed by atoms with Crippen LogP contribution in [-0.2, 0) is 14.3 Å². The lowest BCUT2D eigenvalue weighted by Crippen LogP contribution is -2.55. The lowest BCUT2D eigenvalue weighted by atomic mass is 10.1. The van der Waals surface area contributed by atoms with Gasteiger partial charge in [-0.2, -0.15) is 0 Å². The topological polar surface area (TPSA) is 61.9 Å². The Morgan fingerprint density at radius 2 is 1.76 bits per heavy atom. The predicted molar refractivity (Wildman–Crippen MR) is 79.9 cm³/mol. The molecule has 1 unspecified atom stereocenters. The number of hydrogen-bond acceptors (Lipinski definition) is 4. The quantitative estimate of drug-likeness (QED) is 0.810. The summed E-state index contributed by atoms with van der Waals surface area (Å²) in [5.74, 6) is 0.196. The van der Waals surface area contributed by atoms with Gasteiger partial charge in [0.1, 0.15) is 6.10 Å². The van der Waals surface area contributed by atoms with Gasteiger partial charge in [-0.3, -0.25) is 9.59 Å². The third-order valence-corrected chi connectivity index (χ3v) is 3.92. The van der Waals surface area contributed by atoms with Crippen molar-refractivity contribution in [3.05, 3.63) is 0 Å². The van der Waals surface area contributed by atoms with Crippen LogP contribution in [0.25, 0.3) is 0 Å². The third kappa shape index (κ3) is 4.68. The van der Waals surface area contributed by atoms with Crippen LogP contribution < -0.4 is 5.32 Å². The van der Waals surface area contributed by atoms with Gasteiger partial charge in [-0.25, -0.2) is 0 Å². The summed E-state index contributed by atoms with van der Waals surface area (Å²) in [6.45, 7) is 9.61. The highest BCUT2D eigenvalue weighted by atomic mass is 16.5. The Bertz CT molecular complexity index is 378. The fraction of sp³-hybridized carbons (Fsp3) is 0.867. The molecule has 0 bridgehead atoms. The van der Waals surface area contributed by atoms with Crippen LogP contribution >= 0.6 is 0 Å². The van der Waals surface area contributed by atoms with Gasteiger partial charge in [0.05, 0.1) is 6.54 Å². The van der Waals surface area contributed by atoms with Gasteiger partial charge in [0.15, 0.2) is 0 Å². The first-order valence-corrected chi connectivity index (χ1v) is 7.80. The molecule has 0 aliphatic carbocycles. The first kappa shape index (κ1) is 16.2. The van der Waals surface area contributed by atoms with Crippen LogP contribution in [0.5, 0.6) is 0 Å². The second-order valence-corrected chi connectivity index (χ2v) is 6.81. The maximum Gasteiger partial charge on any atom is 0.251 e. The van der Waals surface area contributed by atoms with E-state index in [1.807, 2.05) is 30.6 Å². The van der Waals surface area contributed by atoms with E-state index in [4.69, 9.17) is 4.74 Å². The van der Waals surface area contributed by atoms with Gasteiger partial charge >= 0.3 is 0 Å². The molecule has 0 spiro atoms. The molecule has 0 saturated carbocycles. The number of rotatable bonds is 3. The van der Waals surface area contributed by atoms with E-state index in [1.165, 1.54) is 0 Å². The summed E-state index contributed by atoms with van der Waals surface area (Å²) in [4.78, 5) is 28.0. The van der Waals surface area contributed by atoms with Crippen molar-refractivity contribution in [2.24, 2.45) is 0 Å². The average Bonchev–Trinajstić information content (AvgIpc) is 2.97. The minimum atomic E-state index is -0.255. The van der Waals surface area contributed by atoms with Gasteiger partial charge in [-0.1, -0.05) is 0 Å². The predicted octanol–water partition coefficient (Wildman–Crippen LogP) is 0.224. The van der Waals surface area contributed by atoms with Crippen LogP contribution in [0.15, 0.2) is 0 Å². The molecule has 2 rings (SSSR count). The molecule has 0 aromatic carbocycles. The van der Waals surface area contributed by atoms with E-state index in [0.717, 1.165) is 12.8 Å². The Balaban J connectivity index is 1.74. The molecule has 6 heteroatoms. The summed E-state index contributed by atoms with van der Waals surface area (Å²) in [7, 11) is 0. The van der Waals surface area contributed by atoms with E-state index in [9.17, 15) is 9.59 Å². The Hall–Kier alpha value is -1.14. The molecule has 2 saturated heterocycles. The van der Waals surface area contributed by atoms with Crippen molar-refractivity contribution in [2.45, 2.75) is 45.3 Å². The van der Waals surface area contributed by atoms with Gasteiger partial charge in [-0.15, -0.1) is 0 Å². The number of carbonyl (C=O) groups is 2. The van der Waals surface area contributed by atoms with Crippen molar-refractivity contribution in [1.29, 1.82) is 0 Å². The standard InChI is InChI=1S/C15H27N3O3/c1-15(2,3)16-11-13(19)17-6-8-18(9-7-17)14(20)12-5-4-10-21-12/h12,16H,4-11H2,1-3H3. The lowest BCUT2D eigenvalue weighted by molar-refractivity contribution is -0.145. The van der Waals surface area contributed by atoms with Crippen molar-refractivity contribution in [3.8, 4) is 0 Å². The van der Waals surface area contributed by atoms with Gasteiger partial charge in [0.25, 0.3) is 5.91 Å². The molecule has 2 heterocycles. The Labute approximate surface area is 126 Å². The number of ether oxygens (including phenoxy) is 1. The van der Waals surface area contributed by atoms with Crippen LogP contribution in [0.3, 0.4) is 0 Å². The SMILES string of the molecule is CC(C)(C)NCC(=O)N1CCN(C(=O)C2CCCO2)CC1. The smallest absolute Gasteiger partial charge is 0.251 e. The van der Waals surface area contributed by atoms with E-state index in [2.05, 4.69) is 5.32 Å². The molecule has 21 heavy (non-hydrogen) atoms. The molecule has 2 amide bonds. The van der Waals surface area contributed by atoms with Crippen molar-refractivity contribution < 1.29 is 14.3 Å². The number of nitrogens with one attached hydrogen (secondary N) is 1. The molecule has 120 valence electrons. The highest BCUT2D eigenvalue weighted by molar-refractivity contribution is 5.82. The fourth-order valence-electron chi connectivity index (χ4n) is 2.60. The fourth-order valence-corrected chi connectivity index (χ4v) is 2.60. The summed E-state index contributed by atoms with van der Waals surface area (Å²) >= 11 is 0. The van der Waals surface area contributed by atoms with Crippen molar-refractivity contribution in [3.63, 3.8) is 0 Å².